The Bertz CT molecular complexity index is 673. The van der Waals surface area contributed by atoms with Gasteiger partial charge in [-0.25, -0.2) is 18.4 Å². The number of benzene rings is 1. The maximum absolute atomic E-state index is 11.4. The highest BCUT2D eigenvalue weighted by Gasteiger charge is 2.10. The molecule has 0 fully saturated rings. The normalized spacial score (nSPS) is 11.2. The number of halogens is 1. The predicted molar refractivity (Wildman–Crippen MR) is 69.9 cm³/mol. The van der Waals surface area contributed by atoms with Crippen molar-refractivity contribution in [1.29, 1.82) is 0 Å². The monoisotopic (exact) mass is 283 g/mol. The van der Waals surface area contributed by atoms with Crippen LogP contribution in [0.2, 0.25) is 5.02 Å². The number of anilines is 2. The van der Waals surface area contributed by atoms with Crippen molar-refractivity contribution in [3.8, 4) is 0 Å². The molecule has 0 saturated carbocycles. The fraction of sp³-hybridized carbons (Fsp3) is 0.0909. The van der Waals surface area contributed by atoms with Crippen molar-refractivity contribution in [2.24, 2.45) is 0 Å². The van der Waals surface area contributed by atoms with Gasteiger partial charge in [0, 0.05) is 23.0 Å². The number of aromatic nitrogens is 2. The summed E-state index contributed by atoms with van der Waals surface area (Å²) in [6, 6.07) is 8.41. The van der Waals surface area contributed by atoms with E-state index >= 15 is 0 Å². The van der Waals surface area contributed by atoms with E-state index in [4.69, 9.17) is 11.6 Å². The third-order valence-corrected chi connectivity index (χ3v) is 3.34. The van der Waals surface area contributed by atoms with E-state index in [2.05, 4.69) is 15.3 Å². The molecular weight excluding hydrogens is 274 g/mol. The van der Waals surface area contributed by atoms with Crippen LogP contribution in [0.5, 0.6) is 0 Å². The second-order valence-electron chi connectivity index (χ2n) is 3.65. The SMILES string of the molecule is CS(=O)(=O)c1cc(Nc2cccc(Cl)c2)ncn1. The molecule has 0 atom stereocenters. The van der Waals surface area contributed by atoms with E-state index in [-0.39, 0.29) is 5.03 Å². The van der Waals surface area contributed by atoms with Crippen LogP contribution in [0.25, 0.3) is 0 Å². The lowest BCUT2D eigenvalue weighted by atomic mass is 10.3. The molecule has 1 aromatic heterocycles. The third kappa shape index (κ3) is 3.18. The van der Waals surface area contributed by atoms with Crippen LogP contribution in [-0.2, 0) is 9.84 Å². The first kappa shape index (κ1) is 12.8. The average molecular weight is 284 g/mol. The lowest BCUT2D eigenvalue weighted by Crippen LogP contribution is -2.03. The fourth-order valence-corrected chi connectivity index (χ4v) is 2.08. The molecule has 0 aliphatic heterocycles. The first-order valence-electron chi connectivity index (χ1n) is 5.00. The number of hydrogen-bond donors (Lipinski definition) is 1. The highest BCUT2D eigenvalue weighted by molar-refractivity contribution is 7.90. The maximum Gasteiger partial charge on any atom is 0.192 e. The average Bonchev–Trinajstić information content (AvgIpc) is 2.28. The standard InChI is InChI=1S/C11H10ClN3O2S/c1-18(16,17)11-6-10(13-7-14-11)15-9-4-2-3-8(12)5-9/h2-7H,1H3,(H,13,14,15). The largest absolute Gasteiger partial charge is 0.340 e. The Morgan fingerprint density at radius 2 is 2.00 bits per heavy atom. The summed E-state index contributed by atoms with van der Waals surface area (Å²) in [4.78, 5) is 7.65. The van der Waals surface area contributed by atoms with Gasteiger partial charge in [0.15, 0.2) is 14.9 Å². The van der Waals surface area contributed by atoms with Gasteiger partial charge < -0.3 is 5.32 Å². The molecule has 94 valence electrons. The van der Waals surface area contributed by atoms with Crippen molar-refractivity contribution >= 4 is 32.9 Å². The smallest absolute Gasteiger partial charge is 0.192 e. The maximum atomic E-state index is 11.4. The van der Waals surface area contributed by atoms with E-state index in [0.717, 1.165) is 11.9 Å². The second-order valence-corrected chi connectivity index (χ2v) is 6.05. The van der Waals surface area contributed by atoms with E-state index in [1.807, 2.05) is 0 Å². The van der Waals surface area contributed by atoms with Crippen molar-refractivity contribution in [3.63, 3.8) is 0 Å². The molecule has 7 heteroatoms. The van der Waals surface area contributed by atoms with Crippen molar-refractivity contribution in [2.75, 3.05) is 11.6 Å². The molecule has 1 heterocycles. The molecule has 0 bridgehead atoms. The summed E-state index contributed by atoms with van der Waals surface area (Å²) in [7, 11) is -3.34. The zero-order chi connectivity index (χ0) is 13.2. The van der Waals surface area contributed by atoms with Crippen LogP contribution in [-0.4, -0.2) is 24.6 Å². The Hall–Kier alpha value is -1.66. The van der Waals surface area contributed by atoms with Gasteiger partial charge in [-0.05, 0) is 18.2 Å². The van der Waals surface area contributed by atoms with Crippen molar-refractivity contribution < 1.29 is 8.42 Å². The summed E-state index contributed by atoms with van der Waals surface area (Å²) in [6.45, 7) is 0. The van der Waals surface area contributed by atoms with E-state index in [1.165, 1.54) is 12.4 Å². The van der Waals surface area contributed by atoms with Gasteiger partial charge in [0.2, 0.25) is 0 Å². The molecule has 0 aliphatic carbocycles. The quantitative estimate of drug-likeness (QED) is 0.875. The Morgan fingerprint density at radius 1 is 1.22 bits per heavy atom. The molecular formula is C11H10ClN3O2S. The minimum atomic E-state index is -3.34. The highest BCUT2D eigenvalue weighted by Crippen LogP contribution is 2.19. The molecule has 5 nitrogen and oxygen atoms in total. The summed E-state index contributed by atoms with van der Waals surface area (Å²) in [5.41, 5.74) is 0.723. The predicted octanol–water partition coefficient (Wildman–Crippen LogP) is 2.28. The van der Waals surface area contributed by atoms with E-state index in [1.54, 1.807) is 24.3 Å². The molecule has 1 N–H and O–H groups in total. The summed E-state index contributed by atoms with van der Waals surface area (Å²) in [5.74, 6) is 0.396. The molecule has 0 unspecified atom stereocenters. The van der Waals surface area contributed by atoms with Crippen LogP contribution in [0.1, 0.15) is 0 Å². The Labute approximate surface area is 110 Å². The van der Waals surface area contributed by atoms with E-state index in [0.29, 0.717) is 10.8 Å². The molecule has 2 rings (SSSR count). The molecule has 0 spiro atoms. The molecule has 18 heavy (non-hydrogen) atoms. The number of sulfone groups is 1. The van der Waals surface area contributed by atoms with Crippen LogP contribution >= 0.6 is 11.6 Å². The summed E-state index contributed by atoms with van der Waals surface area (Å²) in [5, 5.41) is 3.51. The van der Waals surface area contributed by atoms with Gasteiger partial charge in [-0.2, -0.15) is 0 Å². The minimum absolute atomic E-state index is 0.0259. The van der Waals surface area contributed by atoms with Crippen LogP contribution in [0.3, 0.4) is 0 Å². The third-order valence-electron chi connectivity index (χ3n) is 2.12. The molecule has 2 aromatic rings. The minimum Gasteiger partial charge on any atom is -0.340 e. The van der Waals surface area contributed by atoms with Gasteiger partial charge in [-0.3, -0.25) is 0 Å². The van der Waals surface area contributed by atoms with Crippen LogP contribution in [0.4, 0.5) is 11.5 Å². The van der Waals surface area contributed by atoms with E-state index in [9.17, 15) is 8.42 Å². The van der Waals surface area contributed by atoms with Crippen molar-refractivity contribution in [1.82, 2.24) is 9.97 Å². The number of rotatable bonds is 3. The zero-order valence-electron chi connectivity index (χ0n) is 9.46. The Balaban J connectivity index is 2.30. The van der Waals surface area contributed by atoms with Gasteiger partial charge in [0.1, 0.15) is 12.1 Å². The lowest BCUT2D eigenvalue weighted by molar-refractivity contribution is 0.598. The number of nitrogens with one attached hydrogen (secondary N) is 1. The number of hydrogen-bond acceptors (Lipinski definition) is 5. The topological polar surface area (TPSA) is 72.0 Å². The fourth-order valence-electron chi connectivity index (χ4n) is 1.32. The molecule has 0 amide bonds. The molecule has 1 aromatic carbocycles. The highest BCUT2D eigenvalue weighted by atomic mass is 35.5. The summed E-state index contributed by atoms with van der Waals surface area (Å²) >= 11 is 5.85. The molecule has 0 saturated heterocycles. The zero-order valence-corrected chi connectivity index (χ0v) is 11.0. The van der Waals surface area contributed by atoms with Crippen LogP contribution in [0, 0.1) is 0 Å². The van der Waals surface area contributed by atoms with E-state index < -0.39 is 9.84 Å². The Kier molecular flexibility index (Phi) is 3.49. The molecule has 0 radical (unpaired) electrons. The second kappa shape index (κ2) is 4.91. The van der Waals surface area contributed by atoms with Crippen molar-refractivity contribution in [2.45, 2.75) is 5.03 Å². The molecule has 0 aliphatic rings. The summed E-state index contributed by atoms with van der Waals surface area (Å²) < 4.78 is 22.7. The van der Waals surface area contributed by atoms with Crippen LogP contribution < -0.4 is 5.32 Å². The van der Waals surface area contributed by atoms with Gasteiger partial charge in [-0.15, -0.1) is 0 Å². The van der Waals surface area contributed by atoms with Gasteiger partial charge in [0.25, 0.3) is 0 Å². The lowest BCUT2D eigenvalue weighted by Gasteiger charge is -2.06. The number of nitrogens with zero attached hydrogens (tertiary/aromatic N) is 2. The van der Waals surface area contributed by atoms with Gasteiger partial charge in [-0.1, -0.05) is 17.7 Å². The Morgan fingerprint density at radius 3 is 2.67 bits per heavy atom. The first-order valence-corrected chi connectivity index (χ1v) is 7.27. The summed E-state index contributed by atoms with van der Waals surface area (Å²) in [6.07, 6.45) is 2.29. The van der Waals surface area contributed by atoms with Gasteiger partial charge >= 0.3 is 0 Å². The van der Waals surface area contributed by atoms with Crippen molar-refractivity contribution in [3.05, 3.63) is 41.7 Å². The van der Waals surface area contributed by atoms with Crippen LogP contribution in [0.15, 0.2) is 41.7 Å². The first-order chi connectivity index (χ1) is 8.45. The van der Waals surface area contributed by atoms with Gasteiger partial charge in [0.05, 0.1) is 0 Å².